The van der Waals surface area contributed by atoms with Crippen molar-refractivity contribution in [3.63, 3.8) is 0 Å². The molecule has 0 amide bonds. The molecule has 3 aromatic carbocycles. The number of phenols is 3. The molecule has 15 heteroatoms. The Balaban J connectivity index is 0.00000240. The summed E-state index contributed by atoms with van der Waals surface area (Å²) in [6.45, 7) is 0. The third kappa shape index (κ3) is 6.47. The van der Waals surface area contributed by atoms with Crippen molar-refractivity contribution in [3.8, 4) is 17.2 Å². The maximum absolute atomic E-state index is 11.2. The molecule has 0 fully saturated rings. The Kier molecular flexibility index (Phi) is 10.5. The number of hydrogen-bond donors (Lipinski definition) is 3. The number of nitrogens with zero attached hydrogens (tertiary/aromatic N) is 2. The van der Waals surface area contributed by atoms with Gasteiger partial charge in [-0.3, -0.25) is 0 Å². The first-order valence-electron chi connectivity index (χ1n) is 7.47. The van der Waals surface area contributed by atoms with Gasteiger partial charge in [-0.25, -0.2) is 8.42 Å². The van der Waals surface area contributed by atoms with Gasteiger partial charge in [-0.2, -0.15) is 0 Å². The fourth-order valence-electron chi connectivity index (χ4n) is 2.46. The van der Waals surface area contributed by atoms with Crippen LogP contribution < -0.4 is 64.4 Å². The summed E-state index contributed by atoms with van der Waals surface area (Å²) in [4.78, 5) is -0.839. The summed E-state index contributed by atoms with van der Waals surface area (Å²) < 4.78 is 37.4. The van der Waals surface area contributed by atoms with Crippen molar-refractivity contribution in [2.75, 3.05) is 0 Å². The summed E-state index contributed by atoms with van der Waals surface area (Å²) in [6, 6.07) is 6.72. The summed E-state index contributed by atoms with van der Waals surface area (Å²) in [5, 5.41) is 48.6. The summed E-state index contributed by atoms with van der Waals surface area (Å²) in [5.41, 5.74) is -0.362. The minimum absolute atomic E-state index is 0. The number of rotatable bonds is 5. The van der Waals surface area contributed by atoms with Crippen LogP contribution in [0.15, 0.2) is 56.4 Å². The Morgan fingerprint density at radius 2 is 1.68 bits per heavy atom. The van der Waals surface area contributed by atoms with Gasteiger partial charge in [0.05, 0.1) is 15.2 Å². The number of benzene rings is 3. The number of azo groups is 1. The minimum Gasteiger partial charge on any atom is -0.744 e. The quantitative estimate of drug-likeness (QED) is 0.0833. The van der Waals surface area contributed by atoms with Crippen molar-refractivity contribution in [2.45, 2.75) is 9.79 Å². The molecule has 152 valence electrons. The summed E-state index contributed by atoms with van der Waals surface area (Å²) in [7, 11) is -4.89. The molecule has 0 bridgehead atoms. The molecule has 0 spiro atoms. The van der Waals surface area contributed by atoms with Crippen LogP contribution in [-0.4, -0.2) is 28.3 Å². The third-order valence-electron chi connectivity index (χ3n) is 3.71. The first-order chi connectivity index (χ1) is 13.6. The average molecular weight is 503 g/mol. The fourth-order valence-corrected chi connectivity index (χ4v) is 3.62. The zero-order chi connectivity index (χ0) is 21.3. The Hall–Kier alpha value is -0.610. The van der Waals surface area contributed by atoms with E-state index in [2.05, 4.69) is 14.6 Å². The molecule has 0 aromatic heterocycles. The van der Waals surface area contributed by atoms with Crippen LogP contribution in [-0.2, 0) is 14.5 Å². The van der Waals surface area contributed by atoms with E-state index in [1.807, 2.05) is 0 Å². The van der Waals surface area contributed by atoms with Gasteiger partial charge >= 0.3 is 59.1 Å². The molecule has 0 heterocycles. The summed E-state index contributed by atoms with van der Waals surface area (Å²) in [5.74, 6) is -1.64. The van der Waals surface area contributed by atoms with E-state index in [4.69, 9.17) is 11.6 Å². The number of halogens is 1. The number of aromatic hydroxyl groups is 3. The van der Waals surface area contributed by atoms with Gasteiger partial charge in [0.2, 0.25) is 0 Å². The van der Waals surface area contributed by atoms with Gasteiger partial charge in [0, 0.05) is 17.1 Å². The molecule has 10 nitrogen and oxygen atoms in total. The Labute approximate surface area is 229 Å². The van der Waals surface area contributed by atoms with Crippen molar-refractivity contribution < 1.29 is 97.0 Å². The smallest absolute Gasteiger partial charge is 0.744 e. The van der Waals surface area contributed by atoms with Crippen LogP contribution in [0.4, 0.5) is 11.4 Å². The molecule has 3 rings (SSSR count). The molecule has 0 aliphatic heterocycles. The van der Waals surface area contributed by atoms with Gasteiger partial charge in [0.15, 0.2) is 5.75 Å². The molecule has 3 aromatic rings. The zero-order valence-corrected chi connectivity index (χ0v) is 22.3. The summed E-state index contributed by atoms with van der Waals surface area (Å²) >= 11 is 6.05. The molecule has 3 N–H and O–H groups in total. The molecule has 0 aliphatic carbocycles. The molecule has 0 atom stereocenters. The van der Waals surface area contributed by atoms with E-state index < -0.39 is 26.5 Å². The fraction of sp³-hybridized carbons (Fsp3) is 0. The Morgan fingerprint density at radius 1 is 1.00 bits per heavy atom. The van der Waals surface area contributed by atoms with Gasteiger partial charge in [-0.15, -0.1) is 10.2 Å². The Bertz CT molecular complexity index is 1260. The average Bonchev–Trinajstić information content (AvgIpc) is 2.63. The van der Waals surface area contributed by atoms with Crippen LogP contribution in [0.25, 0.3) is 10.8 Å². The Morgan fingerprint density at radius 3 is 2.29 bits per heavy atom. The van der Waals surface area contributed by atoms with E-state index in [1.54, 1.807) is 0 Å². The molecular weight excluding hydrogens is 494 g/mol. The van der Waals surface area contributed by atoms with Crippen LogP contribution in [0.3, 0.4) is 0 Å². The first kappa shape index (κ1) is 28.4. The van der Waals surface area contributed by atoms with Crippen LogP contribution in [0, 0.1) is 0 Å². The molecule has 0 aliphatic rings. The van der Waals surface area contributed by atoms with E-state index in [-0.39, 0.29) is 109 Å². The van der Waals surface area contributed by atoms with Crippen LogP contribution in [0.2, 0.25) is 5.02 Å². The second-order valence-corrected chi connectivity index (χ2v) is 8.11. The van der Waals surface area contributed by atoms with Crippen LogP contribution in [0.5, 0.6) is 17.2 Å². The molecule has 0 saturated heterocycles. The van der Waals surface area contributed by atoms with Crippen molar-refractivity contribution in [1.82, 2.24) is 0 Å². The second-order valence-electron chi connectivity index (χ2n) is 5.55. The minimum atomic E-state index is -4.89. The molecule has 0 unspecified atom stereocenters. The van der Waals surface area contributed by atoms with E-state index in [0.717, 1.165) is 12.1 Å². The SMILES string of the molecule is O=S(=O)([O-])c1cc(O)c2c(O)c(N=Nc3cc(Cl)ccc3O)c(SO[O-])cc2c1.[Na+].[Na+]. The molecule has 0 radical (unpaired) electrons. The van der Waals surface area contributed by atoms with E-state index in [9.17, 15) is 33.5 Å². The van der Waals surface area contributed by atoms with Crippen molar-refractivity contribution in [1.29, 1.82) is 0 Å². The van der Waals surface area contributed by atoms with Crippen molar-refractivity contribution in [2.24, 2.45) is 10.2 Å². The number of fused-ring (bicyclic) bond motifs is 1. The predicted molar refractivity (Wildman–Crippen MR) is 99.5 cm³/mol. The molecule has 0 saturated carbocycles. The van der Waals surface area contributed by atoms with Gasteiger partial charge in [0.25, 0.3) is 0 Å². The maximum atomic E-state index is 11.2. The van der Waals surface area contributed by atoms with E-state index in [0.29, 0.717) is 6.07 Å². The van der Waals surface area contributed by atoms with Gasteiger partial charge in [-0.05, 0) is 41.8 Å². The number of hydrogen-bond acceptors (Lipinski definition) is 11. The maximum Gasteiger partial charge on any atom is 1.00 e. The molecule has 31 heavy (non-hydrogen) atoms. The van der Waals surface area contributed by atoms with E-state index >= 15 is 0 Å². The van der Waals surface area contributed by atoms with Gasteiger partial charge in [-0.1, -0.05) is 11.6 Å². The van der Waals surface area contributed by atoms with Crippen molar-refractivity contribution >= 4 is 55.9 Å². The van der Waals surface area contributed by atoms with Crippen molar-refractivity contribution in [3.05, 3.63) is 41.4 Å². The standard InChI is InChI=1S/C16H11ClN2O8S2.2Na/c17-8-1-2-11(20)10(5-8)18-19-15-13(28-27-23)4-7-3-9(29(24,25)26)6-12(21)14(7)16(15)22;;/h1-6,20-23H,(H,24,25,26);;/q;2*+1/p-2. The predicted octanol–water partition coefficient (Wildman–Crippen LogP) is -2.76. The van der Waals surface area contributed by atoms with Crippen LogP contribution >= 0.6 is 23.6 Å². The monoisotopic (exact) mass is 502 g/mol. The normalized spacial score (nSPS) is 11.3. The number of phenolic OH excluding ortho intramolecular Hbond substituents is 3. The first-order valence-corrected chi connectivity index (χ1v) is 10.00. The van der Waals surface area contributed by atoms with E-state index in [1.165, 1.54) is 18.2 Å². The second kappa shape index (κ2) is 11.5. The van der Waals surface area contributed by atoms with Gasteiger partial charge < -0.3 is 29.5 Å². The van der Waals surface area contributed by atoms with Crippen LogP contribution in [0.1, 0.15) is 0 Å². The van der Waals surface area contributed by atoms with Gasteiger partial charge in [0.1, 0.15) is 33.0 Å². The largest absolute Gasteiger partial charge is 1.00 e. The third-order valence-corrected chi connectivity index (χ3v) is 5.32. The zero-order valence-electron chi connectivity index (χ0n) is 15.9. The topological polar surface area (TPSA) is 175 Å². The molecular formula is C16H9ClN2Na2O8S2. The summed E-state index contributed by atoms with van der Waals surface area (Å²) in [6.07, 6.45) is 0.